The normalized spacial score (nSPS) is 18.8. The monoisotopic (exact) mass is 481 g/mol. The molecule has 14 nitrogen and oxygen atoms in total. The van der Waals surface area contributed by atoms with Crippen molar-refractivity contribution in [1.29, 1.82) is 0 Å². The number of hydrogen-bond donors (Lipinski definition) is 4. The summed E-state index contributed by atoms with van der Waals surface area (Å²) in [5.74, 6) is -0.728. The van der Waals surface area contributed by atoms with Gasteiger partial charge in [0.15, 0.2) is 12.0 Å². The van der Waals surface area contributed by atoms with Gasteiger partial charge in [0.2, 0.25) is 5.91 Å². The Morgan fingerprint density at radius 1 is 1.24 bits per heavy atom. The van der Waals surface area contributed by atoms with Crippen LogP contribution in [0.2, 0.25) is 0 Å². The minimum Gasteiger partial charge on any atom is -0.468 e. The van der Waals surface area contributed by atoms with E-state index >= 15 is 0 Å². The molecule has 4 N–H and O–H groups in total. The molecule has 1 aliphatic heterocycles. The van der Waals surface area contributed by atoms with Crippen LogP contribution in [0.1, 0.15) is 34.6 Å². The highest BCUT2D eigenvalue weighted by Gasteiger charge is 2.38. The molecule has 1 aliphatic rings. The quantitative estimate of drug-likeness (QED) is 0.250. The lowest BCUT2D eigenvalue weighted by molar-refractivity contribution is -0.518. The van der Waals surface area contributed by atoms with Crippen LogP contribution >= 0.6 is 0 Å². The lowest BCUT2D eigenvalue weighted by Crippen LogP contribution is -2.59. The number of carbonyl (C=O) groups excluding carboxylic acids is 3. The fourth-order valence-electron chi connectivity index (χ4n) is 2.94. The number of ether oxygens (including phenoxy) is 2. The van der Waals surface area contributed by atoms with Crippen molar-refractivity contribution in [2.45, 2.75) is 64.6 Å². The van der Waals surface area contributed by atoms with Gasteiger partial charge < -0.3 is 25.4 Å². The van der Waals surface area contributed by atoms with Crippen molar-refractivity contribution in [1.82, 2.24) is 15.2 Å². The summed E-state index contributed by atoms with van der Waals surface area (Å²) in [5.41, 5.74) is -0.375. The summed E-state index contributed by atoms with van der Waals surface area (Å²) in [6.07, 6.45) is -2.96. The molecule has 2 rings (SSSR count). The van der Waals surface area contributed by atoms with Crippen LogP contribution in [0.5, 0.6) is 0 Å². The Balaban J connectivity index is 2.14. The van der Waals surface area contributed by atoms with Crippen LogP contribution in [0.3, 0.4) is 0 Å². The Bertz CT molecular complexity index is 950. The van der Waals surface area contributed by atoms with Crippen molar-refractivity contribution < 1.29 is 28.8 Å². The average molecular weight is 482 g/mol. The zero-order valence-corrected chi connectivity index (χ0v) is 20.2. The van der Waals surface area contributed by atoms with Crippen molar-refractivity contribution in [3.05, 3.63) is 22.2 Å². The van der Waals surface area contributed by atoms with Gasteiger partial charge in [-0.05, 0) is 46.8 Å². The lowest BCUT2D eigenvalue weighted by Gasteiger charge is -2.32. The van der Waals surface area contributed by atoms with Crippen molar-refractivity contribution in [2.75, 3.05) is 30.1 Å². The molecule has 2 unspecified atom stereocenters. The van der Waals surface area contributed by atoms with Crippen LogP contribution in [0.15, 0.2) is 12.1 Å². The number of pyridine rings is 1. The topological polar surface area (TPSA) is 177 Å². The van der Waals surface area contributed by atoms with E-state index in [1.807, 2.05) is 0 Å². The lowest BCUT2D eigenvalue weighted by atomic mass is 10.2. The molecule has 0 spiro atoms. The maximum Gasteiger partial charge on any atom is 0.410 e. The molecule has 0 radical (unpaired) electrons. The number of fused-ring (bicyclic) bond motifs is 1. The highest BCUT2D eigenvalue weighted by Crippen LogP contribution is 2.28. The molecule has 0 saturated heterocycles. The van der Waals surface area contributed by atoms with Crippen molar-refractivity contribution in [2.24, 2.45) is 0 Å². The molecule has 0 bridgehead atoms. The summed E-state index contributed by atoms with van der Waals surface area (Å²) < 4.78 is 9.92. The molecule has 0 fully saturated rings. The van der Waals surface area contributed by atoms with Gasteiger partial charge in [0.05, 0.1) is 12.8 Å². The number of likely N-dealkylation sites (N-methyl/N-ethyl adjacent to an activating group) is 1. The van der Waals surface area contributed by atoms with E-state index in [2.05, 4.69) is 31.0 Å². The highest BCUT2D eigenvalue weighted by atomic mass is 16.6. The molecule has 2 amide bonds. The number of aromatic nitrogens is 1. The number of nitro groups is 1. The largest absolute Gasteiger partial charge is 0.468 e. The van der Waals surface area contributed by atoms with E-state index < -0.39 is 52.9 Å². The summed E-state index contributed by atoms with van der Waals surface area (Å²) in [6.45, 7) is 8.21. The molecular formula is C20H31N7O7. The Morgan fingerprint density at radius 2 is 1.88 bits per heavy atom. The van der Waals surface area contributed by atoms with E-state index in [1.165, 1.54) is 40.1 Å². The zero-order chi connectivity index (χ0) is 25.8. The number of amides is 2. The van der Waals surface area contributed by atoms with Gasteiger partial charge in [-0.2, -0.15) is 0 Å². The maximum absolute atomic E-state index is 12.7. The van der Waals surface area contributed by atoms with Crippen LogP contribution < -0.4 is 21.3 Å². The average Bonchev–Trinajstić information content (AvgIpc) is 2.75. The molecule has 34 heavy (non-hydrogen) atoms. The van der Waals surface area contributed by atoms with Crippen molar-refractivity contribution in [3.63, 3.8) is 0 Å². The SMILES string of the molecule is COC(=O)[C@H](C)NC1Nc2nc(NC(=O)[C@H](C)N(C)C(=O)OC(C)(C)C)ccc2NC1[N+](=O)[O-]. The van der Waals surface area contributed by atoms with Crippen molar-refractivity contribution in [3.8, 4) is 0 Å². The molecule has 1 aromatic rings. The van der Waals surface area contributed by atoms with Crippen LogP contribution in [0, 0.1) is 10.1 Å². The first-order valence-corrected chi connectivity index (χ1v) is 10.5. The third-order valence-electron chi connectivity index (χ3n) is 4.91. The predicted octanol–water partition coefficient (Wildman–Crippen LogP) is 1.19. The van der Waals surface area contributed by atoms with Gasteiger partial charge in [0, 0.05) is 12.0 Å². The maximum atomic E-state index is 12.7. The molecular weight excluding hydrogens is 450 g/mol. The second kappa shape index (κ2) is 10.5. The molecule has 188 valence electrons. The minimum atomic E-state index is -1.30. The second-order valence-corrected chi connectivity index (χ2v) is 8.76. The predicted molar refractivity (Wildman–Crippen MR) is 123 cm³/mol. The highest BCUT2D eigenvalue weighted by molar-refractivity contribution is 5.96. The molecule has 0 aliphatic carbocycles. The number of hydrogen-bond acceptors (Lipinski definition) is 11. The number of carbonyl (C=O) groups is 3. The van der Waals surface area contributed by atoms with Gasteiger partial charge in [-0.15, -0.1) is 0 Å². The number of nitrogens with one attached hydrogen (secondary N) is 4. The number of nitrogens with zero attached hydrogens (tertiary/aromatic N) is 3. The van der Waals surface area contributed by atoms with Gasteiger partial charge in [-0.25, -0.2) is 9.78 Å². The first-order valence-electron chi connectivity index (χ1n) is 10.5. The van der Waals surface area contributed by atoms with Gasteiger partial charge in [0.1, 0.15) is 23.5 Å². The molecule has 4 atom stereocenters. The fraction of sp³-hybridized carbons (Fsp3) is 0.600. The van der Waals surface area contributed by atoms with E-state index in [4.69, 9.17) is 4.74 Å². The summed E-state index contributed by atoms with van der Waals surface area (Å²) in [5, 5.41) is 22.5. The Labute approximate surface area is 196 Å². The zero-order valence-electron chi connectivity index (χ0n) is 20.2. The molecule has 2 heterocycles. The molecule has 0 saturated carbocycles. The van der Waals surface area contributed by atoms with E-state index in [1.54, 1.807) is 20.8 Å². The molecule has 0 aromatic carbocycles. The third kappa shape index (κ3) is 6.66. The standard InChI is InChI=1S/C20H31N7O7/c1-10(18(29)33-7)21-15-16(27(31)32)22-12-8-9-13(23-14(12)25-15)24-17(28)11(2)26(6)19(30)34-20(3,4)5/h8-11,15-16,21-22H,1-7H3,(H2,23,24,25,28)/t10-,11-,15?,16?/m0/s1. The van der Waals surface area contributed by atoms with E-state index in [-0.39, 0.29) is 11.6 Å². The van der Waals surface area contributed by atoms with E-state index in [0.29, 0.717) is 5.69 Å². The van der Waals surface area contributed by atoms with Crippen LogP contribution in [-0.4, -0.2) is 77.0 Å². The molecule has 1 aromatic heterocycles. The van der Waals surface area contributed by atoms with Crippen LogP contribution in [0.4, 0.5) is 22.1 Å². The van der Waals surface area contributed by atoms with Gasteiger partial charge >= 0.3 is 18.2 Å². The number of methoxy groups -OCH3 is 1. The fourth-order valence-corrected chi connectivity index (χ4v) is 2.94. The van der Waals surface area contributed by atoms with Crippen molar-refractivity contribution >= 4 is 35.3 Å². The third-order valence-corrected chi connectivity index (χ3v) is 4.91. The summed E-state index contributed by atoms with van der Waals surface area (Å²) in [4.78, 5) is 53.0. The smallest absolute Gasteiger partial charge is 0.410 e. The van der Waals surface area contributed by atoms with Gasteiger partial charge in [-0.3, -0.25) is 29.9 Å². The Morgan fingerprint density at radius 3 is 2.44 bits per heavy atom. The van der Waals surface area contributed by atoms with Crippen LogP contribution in [-0.2, 0) is 19.1 Å². The number of rotatable bonds is 7. The first-order chi connectivity index (χ1) is 15.7. The van der Waals surface area contributed by atoms with Gasteiger partial charge in [-0.1, -0.05) is 0 Å². The second-order valence-electron chi connectivity index (χ2n) is 8.76. The summed E-state index contributed by atoms with van der Waals surface area (Å²) in [7, 11) is 2.66. The first kappa shape index (κ1) is 26.6. The Kier molecular flexibility index (Phi) is 8.21. The summed E-state index contributed by atoms with van der Waals surface area (Å²) in [6, 6.07) is 1.28. The van der Waals surface area contributed by atoms with Gasteiger partial charge in [0.25, 0.3) is 0 Å². The van der Waals surface area contributed by atoms with E-state index in [0.717, 1.165) is 4.90 Å². The summed E-state index contributed by atoms with van der Waals surface area (Å²) >= 11 is 0. The van der Waals surface area contributed by atoms with Crippen LogP contribution in [0.25, 0.3) is 0 Å². The Hall–Kier alpha value is -3.68. The van der Waals surface area contributed by atoms with E-state index in [9.17, 15) is 24.5 Å². The number of anilines is 3. The number of esters is 1. The molecule has 14 heteroatoms. The minimum absolute atomic E-state index is 0.154.